The normalized spacial score (nSPS) is 10.2. The molecule has 0 atom stereocenters. The Balaban J connectivity index is 0.000000479. The number of halogens is 1. The summed E-state index contributed by atoms with van der Waals surface area (Å²) in [4.78, 5) is 0. The van der Waals surface area contributed by atoms with E-state index in [-0.39, 0.29) is 24.0 Å². The van der Waals surface area contributed by atoms with Crippen LogP contribution in [0.3, 0.4) is 0 Å². The molecular weight excluding hydrogens is 534 g/mol. The van der Waals surface area contributed by atoms with E-state index >= 15 is 0 Å². The Bertz CT molecular complexity index is 953. The summed E-state index contributed by atoms with van der Waals surface area (Å²) in [6.07, 6.45) is 4.61. The Kier molecular flexibility index (Phi) is 12.2. The molecule has 0 heterocycles. The highest BCUT2D eigenvalue weighted by Crippen LogP contribution is 2.33. The number of aryl methyl sites for hydroxylation is 2. The minimum absolute atomic E-state index is 0. The average Bonchev–Trinajstić information content (AvgIpc) is 2.84. The van der Waals surface area contributed by atoms with Crippen molar-refractivity contribution in [2.24, 2.45) is 0 Å². The van der Waals surface area contributed by atoms with Crippen LogP contribution < -0.4 is 39.9 Å². The fraction of sp³-hybridized carbons (Fsp3) is 0.200. The van der Waals surface area contributed by atoms with Crippen LogP contribution in [0.5, 0.6) is 5.75 Å². The molecule has 1 N–H and O–H groups in total. The number of hydrogen-bond donors (Lipinski definition) is 1. The van der Waals surface area contributed by atoms with Gasteiger partial charge in [0.05, 0.1) is 7.92 Å². The largest absolute Gasteiger partial charge is 1.00 e. The van der Waals surface area contributed by atoms with Crippen molar-refractivity contribution in [2.45, 2.75) is 39.5 Å². The first kappa shape index (κ1) is 27.1. The third-order valence-corrected chi connectivity index (χ3v) is 8.12. The second kappa shape index (κ2) is 14.9. The van der Waals surface area contributed by atoms with Gasteiger partial charge in [-0.25, -0.2) is 0 Å². The summed E-state index contributed by atoms with van der Waals surface area (Å²) in [6.45, 7) is 4.44. The number of hydrogen-bond acceptors (Lipinski definition) is 1. The van der Waals surface area contributed by atoms with Gasteiger partial charge in [0, 0.05) is 0 Å². The van der Waals surface area contributed by atoms with Gasteiger partial charge in [0.2, 0.25) is 0 Å². The SMILES string of the molecule is CCCc1ccc([PH+](c2ccc(O)cc2)c2ccc(CCC)cc2)cc1.[I-].c1ccccc1. The lowest BCUT2D eigenvalue weighted by molar-refractivity contribution is -0.00000746. The van der Waals surface area contributed by atoms with Crippen molar-refractivity contribution in [3.63, 3.8) is 0 Å². The molecule has 0 aliphatic rings. The molecule has 1 nitrogen and oxygen atoms in total. The van der Waals surface area contributed by atoms with Crippen LogP contribution in [0, 0.1) is 0 Å². The Morgan fingerprint density at radius 1 is 0.515 bits per heavy atom. The molecule has 0 bridgehead atoms. The summed E-state index contributed by atoms with van der Waals surface area (Å²) >= 11 is 0. The number of phenolic OH excluding ortho intramolecular Hbond substituents is 1. The molecule has 0 radical (unpaired) electrons. The van der Waals surface area contributed by atoms with Crippen molar-refractivity contribution < 1.29 is 29.1 Å². The highest BCUT2D eigenvalue weighted by molar-refractivity contribution is 7.79. The van der Waals surface area contributed by atoms with Gasteiger partial charge in [-0.05, 0) is 72.5 Å². The maximum absolute atomic E-state index is 9.68. The van der Waals surface area contributed by atoms with Gasteiger partial charge < -0.3 is 29.1 Å². The van der Waals surface area contributed by atoms with Gasteiger partial charge in [-0.1, -0.05) is 87.4 Å². The lowest BCUT2D eigenvalue weighted by Gasteiger charge is -2.12. The smallest absolute Gasteiger partial charge is 0.115 e. The zero-order valence-corrected chi connectivity index (χ0v) is 22.7. The van der Waals surface area contributed by atoms with Crippen molar-refractivity contribution in [3.8, 4) is 5.75 Å². The van der Waals surface area contributed by atoms with Crippen LogP contribution in [0.2, 0.25) is 0 Å². The van der Waals surface area contributed by atoms with Crippen molar-refractivity contribution in [1.82, 2.24) is 0 Å². The van der Waals surface area contributed by atoms with Gasteiger partial charge in [0.15, 0.2) is 0 Å². The van der Waals surface area contributed by atoms with E-state index in [2.05, 4.69) is 74.5 Å². The van der Waals surface area contributed by atoms with Gasteiger partial charge in [0.25, 0.3) is 0 Å². The molecule has 0 fully saturated rings. The molecule has 0 aromatic heterocycles. The van der Waals surface area contributed by atoms with Crippen molar-refractivity contribution in [2.75, 3.05) is 0 Å². The molecule has 0 amide bonds. The van der Waals surface area contributed by atoms with Gasteiger partial charge in [0.1, 0.15) is 21.7 Å². The zero-order chi connectivity index (χ0) is 22.6. The first-order chi connectivity index (χ1) is 15.7. The standard InChI is InChI=1S/C24H27OP.C6H6.HI/c1-3-5-19-7-13-22(14-8-19)26(24-17-11-21(25)12-18-24)23-15-9-20(6-4-2)10-16-23;1-2-4-6-5-3-1;/h7-18,25H,3-6H2,1-2H3;1-6H;1H. The molecule has 0 unspecified atom stereocenters. The summed E-state index contributed by atoms with van der Waals surface area (Å²) in [7, 11) is -1.07. The Labute approximate surface area is 217 Å². The highest BCUT2D eigenvalue weighted by Gasteiger charge is 2.25. The lowest BCUT2D eigenvalue weighted by atomic mass is 10.1. The molecule has 33 heavy (non-hydrogen) atoms. The molecule has 0 aliphatic carbocycles. The molecular formula is C30H34IOP. The summed E-state index contributed by atoms with van der Waals surface area (Å²) in [5.41, 5.74) is 2.81. The third-order valence-electron chi connectivity index (χ3n) is 5.39. The molecule has 3 heteroatoms. The highest BCUT2D eigenvalue weighted by atomic mass is 127. The van der Waals surface area contributed by atoms with Crippen LogP contribution in [0.25, 0.3) is 0 Å². The maximum Gasteiger partial charge on any atom is 0.115 e. The topological polar surface area (TPSA) is 20.2 Å². The Hall–Kier alpha value is -2.16. The summed E-state index contributed by atoms with van der Waals surface area (Å²) in [5, 5.41) is 13.8. The number of aromatic hydroxyl groups is 1. The number of phenols is 1. The fourth-order valence-electron chi connectivity index (χ4n) is 3.77. The predicted molar refractivity (Wildman–Crippen MR) is 143 cm³/mol. The summed E-state index contributed by atoms with van der Waals surface area (Å²) < 4.78 is 0. The van der Waals surface area contributed by atoms with Crippen molar-refractivity contribution in [1.29, 1.82) is 0 Å². The number of rotatable bonds is 7. The third kappa shape index (κ3) is 8.61. The van der Waals surface area contributed by atoms with E-state index in [0.717, 1.165) is 12.8 Å². The van der Waals surface area contributed by atoms with Crippen molar-refractivity contribution in [3.05, 3.63) is 120 Å². The van der Waals surface area contributed by atoms with E-state index in [1.807, 2.05) is 36.4 Å². The van der Waals surface area contributed by atoms with Gasteiger partial charge in [-0.2, -0.15) is 0 Å². The van der Waals surface area contributed by atoms with E-state index in [1.165, 1.54) is 39.9 Å². The van der Waals surface area contributed by atoms with E-state index < -0.39 is 7.92 Å². The second-order valence-electron chi connectivity index (χ2n) is 7.97. The first-order valence-corrected chi connectivity index (χ1v) is 13.1. The molecule has 4 rings (SSSR count). The van der Waals surface area contributed by atoms with Crippen LogP contribution >= 0.6 is 7.92 Å². The van der Waals surface area contributed by atoms with Gasteiger partial charge >= 0.3 is 0 Å². The maximum atomic E-state index is 9.68. The average molecular weight is 568 g/mol. The van der Waals surface area contributed by atoms with Crippen LogP contribution in [0.1, 0.15) is 37.8 Å². The minimum atomic E-state index is -1.07. The second-order valence-corrected chi connectivity index (χ2v) is 10.5. The van der Waals surface area contributed by atoms with Crippen LogP contribution in [-0.2, 0) is 12.8 Å². The molecule has 172 valence electrons. The molecule has 4 aromatic carbocycles. The van der Waals surface area contributed by atoms with E-state index in [4.69, 9.17) is 0 Å². The van der Waals surface area contributed by atoms with E-state index in [9.17, 15) is 5.11 Å². The molecule has 0 aliphatic heterocycles. The van der Waals surface area contributed by atoms with Crippen LogP contribution in [0.15, 0.2) is 109 Å². The van der Waals surface area contributed by atoms with Gasteiger partial charge in [-0.3, -0.25) is 0 Å². The minimum Gasteiger partial charge on any atom is -1.00 e. The molecule has 0 saturated carbocycles. The Morgan fingerprint density at radius 2 is 0.818 bits per heavy atom. The first-order valence-electron chi connectivity index (χ1n) is 11.6. The predicted octanol–water partition coefficient (Wildman–Crippen LogP) is 3.48. The zero-order valence-electron chi connectivity index (χ0n) is 19.5. The summed E-state index contributed by atoms with van der Waals surface area (Å²) in [5.74, 6) is 0.326. The quantitative estimate of drug-likeness (QED) is 0.268. The fourth-order valence-corrected chi connectivity index (χ4v) is 6.27. The number of benzene rings is 4. The van der Waals surface area contributed by atoms with E-state index in [1.54, 1.807) is 12.1 Å². The Morgan fingerprint density at radius 3 is 1.12 bits per heavy atom. The van der Waals surface area contributed by atoms with E-state index in [0.29, 0.717) is 5.75 Å². The molecule has 4 aromatic rings. The van der Waals surface area contributed by atoms with Gasteiger partial charge in [-0.15, -0.1) is 0 Å². The van der Waals surface area contributed by atoms with Crippen molar-refractivity contribution >= 4 is 23.8 Å². The van der Waals surface area contributed by atoms with Crippen LogP contribution in [0.4, 0.5) is 0 Å². The lowest BCUT2D eigenvalue weighted by Crippen LogP contribution is -3.00. The molecule has 0 saturated heterocycles. The summed E-state index contributed by atoms with van der Waals surface area (Å²) in [6, 6.07) is 38.0. The van der Waals surface area contributed by atoms with Crippen LogP contribution in [-0.4, -0.2) is 5.11 Å². The monoisotopic (exact) mass is 568 g/mol. The molecule has 0 spiro atoms.